The predicted octanol–water partition coefficient (Wildman–Crippen LogP) is 4.21. The minimum Gasteiger partial charge on any atom is -0.493 e. The maximum Gasteiger partial charge on any atom is 0.514 e. The molecule has 0 spiro atoms. The summed E-state index contributed by atoms with van der Waals surface area (Å²) < 4.78 is 44.8. The number of nitrogen functional groups attached to an aromatic ring is 1. The second-order valence-corrected chi connectivity index (χ2v) is 9.55. The second-order valence-electron chi connectivity index (χ2n) is 9.55. The molecule has 1 aliphatic carbocycles. The number of esters is 1. The number of cyclic esters (lactones) is 1. The molecule has 3 aromatic carbocycles. The van der Waals surface area contributed by atoms with E-state index in [0.717, 1.165) is 5.56 Å². The van der Waals surface area contributed by atoms with Gasteiger partial charge in [-0.15, -0.1) is 0 Å². The molecule has 3 aromatic rings. The van der Waals surface area contributed by atoms with E-state index in [0.29, 0.717) is 45.6 Å². The molecule has 6 rings (SSSR count). The lowest BCUT2D eigenvalue weighted by molar-refractivity contribution is -0.141. The number of nitrogens with two attached hydrogens (primary N) is 1. The molecule has 2 heterocycles. The van der Waals surface area contributed by atoms with Gasteiger partial charge in [-0.2, -0.15) is 0 Å². The summed E-state index contributed by atoms with van der Waals surface area (Å²) in [5, 5.41) is 0. The molecule has 11 heteroatoms. The Morgan fingerprint density at radius 2 is 1.52 bits per heavy atom. The van der Waals surface area contributed by atoms with Crippen molar-refractivity contribution in [2.24, 2.45) is 11.8 Å². The molecule has 0 aromatic heterocycles. The van der Waals surface area contributed by atoms with E-state index in [1.807, 2.05) is 6.07 Å². The SMILES string of the molecule is COc1cc([C@@H]2c3cc4c(cc3[C@H](OC(=O)Oc3ccc(N)cc3)[C@H]3COC(=O)[C@H]23)OCO4)cc(OC)c1OC. The number of benzene rings is 3. The van der Waals surface area contributed by atoms with Crippen molar-refractivity contribution in [3.05, 3.63) is 65.2 Å². The highest BCUT2D eigenvalue weighted by Gasteiger charge is 2.54. The highest BCUT2D eigenvalue weighted by molar-refractivity contribution is 5.79. The van der Waals surface area contributed by atoms with E-state index in [-0.39, 0.29) is 19.1 Å². The van der Waals surface area contributed by atoms with Crippen LogP contribution in [0, 0.1) is 11.8 Å². The van der Waals surface area contributed by atoms with Crippen molar-refractivity contribution in [2.75, 3.05) is 40.5 Å². The Labute approximate surface area is 229 Å². The van der Waals surface area contributed by atoms with Gasteiger partial charge in [0.2, 0.25) is 12.5 Å². The minimum atomic E-state index is -0.928. The molecule has 0 amide bonds. The number of hydrogen-bond acceptors (Lipinski definition) is 11. The normalized spacial score (nSPS) is 22.0. The van der Waals surface area contributed by atoms with Crippen LogP contribution in [0.25, 0.3) is 0 Å². The first-order chi connectivity index (χ1) is 19.4. The number of carbonyl (C=O) groups is 2. The molecule has 0 unspecified atom stereocenters. The average molecular weight is 550 g/mol. The molecule has 1 fully saturated rings. The fraction of sp³-hybridized carbons (Fsp3) is 0.310. The summed E-state index contributed by atoms with van der Waals surface area (Å²) in [4.78, 5) is 26.2. The zero-order chi connectivity index (χ0) is 28.0. The molecular formula is C29H27NO10. The van der Waals surface area contributed by atoms with Crippen LogP contribution in [0.2, 0.25) is 0 Å². The summed E-state index contributed by atoms with van der Waals surface area (Å²) in [6.45, 7) is 0.102. The highest BCUT2D eigenvalue weighted by Crippen LogP contribution is 2.56. The number of carbonyl (C=O) groups excluding carboxylic acids is 2. The van der Waals surface area contributed by atoms with Crippen LogP contribution in [-0.4, -0.2) is 46.9 Å². The summed E-state index contributed by atoms with van der Waals surface area (Å²) in [6, 6.07) is 13.6. The third-order valence-electron chi connectivity index (χ3n) is 7.47. The van der Waals surface area contributed by atoms with E-state index in [4.69, 9.17) is 43.6 Å². The van der Waals surface area contributed by atoms with E-state index in [9.17, 15) is 9.59 Å². The molecule has 4 atom stereocenters. The number of ether oxygens (including phenoxy) is 8. The first kappa shape index (κ1) is 25.5. The Bertz CT molecular complexity index is 1450. The third kappa shape index (κ3) is 4.23. The van der Waals surface area contributed by atoms with Gasteiger partial charge in [0.15, 0.2) is 23.0 Å². The molecule has 40 heavy (non-hydrogen) atoms. The molecule has 2 aliphatic heterocycles. The van der Waals surface area contributed by atoms with Gasteiger partial charge in [-0.1, -0.05) is 0 Å². The highest BCUT2D eigenvalue weighted by atomic mass is 16.7. The topological polar surface area (TPSA) is 134 Å². The van der Waals surface area contributed by atoms with Crippen LogP contribution in [-0.2, 0) is 14.3 Å². The Morgan fingerprint density at radius 3 is 2.15 bits per heavy atom. The standard InChI is InChI=1S/C29H27NO10/c1-33-22-8-14(9-23(34-2)27(22)35-3)24-17-10-20-21(38-13-37-20)11-18(17)26(19-12-36-28(31)25(19)24)40-29(32)39-16-6-4-15(30)5-7-16/h4-11,19,24-26H,12-13,30H2,1-3H3/t19-,24+,25-,26-/m0/s1. The monoisotopic (exact) mass is 549 g/mol. The van der Waals surface area contributed by atoms with Crippen molar-refractivity contribution < 1.29 is 47.5 Å². The number of rotatable bonds is 6. The fourth-order valence-corrected chi connectivity index (χ4v) is 5.70. The van der Waals surface area contributed by atoms with Crippen molar-refractivity contribution in [2.45, 2.75) is 12.0 Å². The van der Waals surface area contributed by atoms with Crippen LogP contribution >= 0.6 is 0 Å². The number of anilines is 1. The van der Waals surface area contributed by atoms with Crippen molar-refractivity contribution >= 4 is 17.8 Å². The van der Waals surface area contributed by atoms with E-state index in [2.05, 4.69) is 0 Å². The molecule has 1 saturated heterocycles. The zero-order valence-electron chi connectivity index (χ0n) is 22.0. The van der Waals surface area contributed by atoms with Crippen molar-refractivity contribution in [1.29, 1.82) is 0 Å². The first-order valence-electron chi connectivity index (χ1n) is 12.6. The van der Waals surface area contributed by atoms with Crippen LogP contribution in [0.15, 0.2) is 48.5 Å². The lowest BCUT2D eigenvalue weighted by atomic mass is 9.66. The summed E-state index contributed by atoms with van der Waals surface area (Å²) in [5.41, 5.74) is 8.35. The quantitative estimate of drug-likeness (QED) is 0.269. The summed E-state index contributed by atoms with van der Waals surface area (Å²) in [7, 11) is 4.57. The van der Waals surface area contributed by atoms with Gasteiger partial charge < -0.3 is 43.6 Å². The smallest absolute Gasteiger partial charge is 0.493 e. The summed E-state index contributed by atoms with van der Waals surface area (Å²) >= 11 is 0. The van der Waals surface area contributed by atoms with Gasteiger partial charge in [-0.05, 0) is 59.7 Å². The maximum absolute atomic E-state index is 13.3. The van der Waals surface area contributed by atoms with Crippen LogP contribution in [0.3, 0.4) is 0 Å². The fourth-order valence-electron chi connectivity index (χ4n) is 5.70. The lowest BCUT2D eigenvalue weighted by Crippen LogP contribution is -2.37. The molecule has 11 nitrogen and oxygen atoms in total. The van der Waals surface area contributed by atoms with E-state index < -0.39 is 36.0 Å². The van der Waals surface area contributed by atoms with Crippen LogP contribution in [0.5, 0.6) is 34.5 Å². The summed E-state index contributed by atoms with van der Waals surface area (Å²) in [5.74, 6) is 0.474. The molecule has 3 aliphatic rings. The maximum atomic E-state index is 13.3. The number of fused-ring (bicyclic) bond motifs is 3. The second kappa shape index (κ2) is 10.1. The number of methoxy groups -OCH3 is 3. The van der Waals surface area contributed by atoms with Crippen LogP contribution < -0.4 is 34.2 Å². The lowest BCUT2D eigenvalue weighted by Gasteiger charge is -2.38. The average Bonchev–Trinajstić information content (AvgIpc) is 3.58. The zero-order valence-corrected chi connectivity index (χ0v) is 22.0. The molecule has 2 N–H and O–H groups in total. The number of hydrogen-bond donors (Lipinski definition) is 1. The molecule has 0 bridgehead atoms. The Hall–Kier alpha value is -4.80. The van der Waals surface area contributed by atoms with E-state index in [1.165, 1.54) is 21.3 Å². The van der Waals surface area contributed by atoms with Gasteiger partial charge >= 0.3 is 12.1 Å². The predicted molar refractivity (Wildman–Crippen MR) is 139 cm³/mol. The van der Waals surface area contributed by atoms with Gasteiger partial charge in [0.05, 0.1) is 33.9 Å². The molecule has 0 radical (unpaired) electrons. The van der Waals surface area contributed by atoms with Crippen molar-refractivity contribution in [3.8, 4) is 34.5 Å². The van der Waals surface area contributed by atoms with Gasteiger partial charge in [0, 0.05) is 23.1 Å². The Kier molecular flexibility index (Phi) is 6.41. The van der Waals surface area contributed by atoms with E-state index >= 15 is 0 Å². The molecule has 0 saturated carbocycles. The Balaban J connectivity index is 1.46. The molecule has 208 valence electrons. The van der Waals surface area contributed by atoms with E-state index in [1.54, 1.807) is 42.5 Å². The van der Waals surface area contributed by atoms with Gasteiger partial charge in [0.1, 0.15) is 11.9 Å². The van der Waals surface area contributed by atoms with Crippen LogP contribution in [0.4, 0.5) is 10.5 Å². The van der Waals surface area contributed by atoms with Gasteiger partial charge in [-0.25, -0.2) is 4.79 Å². The third-order valence-corrected chi connectivity index (χ3v) is 7.47. The van der Waals surface area contributed by atoms with Crippen LogP contribution in [0.1, 0.15) is 28.7 Å². The van der Waals surface area contributed by atoms with Gasteiger partial charge in [0.25, 0.3) is 0 Å². The van der Waals surface area contributed by atoms with Crippen molar-refractivity contribution in [1.82, 2.24) is 0 Å². The molecular weight excluding hydrogens is 522 g/mol. The van der Waals surface area contributed by atoms with Gasteiger partial charge in [-0.3, -0.25) is 4.79 Å². The summed E-state index contributed by atoms with van der Waals surface area (Å²) in [6.07, 6.45) is -1.79. The minimum absolute atomic E-state index is 0.0483. The van der Waals surface area contributed by atoms with Crippen molar-refractivity contribution in [3.63, 3.8) is 0 Å². The Morgan fingerprint density at radius 1 is 0.875 bits per heavy atom. The first-order valence-corrected chi connectivity index (χ1v) is 12.6. The largest absolute Gasteiger partial charge is 0.514 e.